The van der Waals surface area contributed by atoms with E-state index in [2.05, 4.69) is 15.0 Å². The van der Waals surface area contributed by atoms with Crippen molar-refractivity contribution < 1.29 is 9.84 Å². The number of nitrogens with zero attached hydrogens (tertiary/aromatic N) is 3. The number of nitrogens with one attached hydrogen (secondary N) is 1. The summed E-state index contributed by atoms with van der Waals surface area (Å²) >= 11 is 0. The summed E-state index contributed by atoms with van der Waals surface area (Å²) in [6, 6.07) is 7.39. The van der Waals surface area contributed by atoms with E-state index in [4.69, 9.17) is 4.74 Å². The Morgan fingerprint density at radius 3 is 2.59 bits per heavy atom. The molecule has 2 N–H and O–H groups in total. The van der Waals surface area contributed by atoms with Crippen LogP contribution in [0.1, 0.15) is 75.8 Å². The van der Waals surface area contributed by atoms with E-state index in [1.165, 1.54) is 19.3 Å². The molecular formula is C22H28N4O3. The SMILES string of the molecule is CCCn1c(Oc2ccc(C(C)O)cc2)nc2nc(C3CCCCC3)[nH]c2c1=O. The number of hydrogen-bond donors (Lipinski definition) is 2. The van der Waals surface area contributed by atoms with Gasteiger partial charge in [-0.3, -0.25) is 9.36 Å². The zero-order valence-electron chi connectivity index (χ0n) is 17.0. The summed E-state index contributed by atoms with van der Waals surface area (Å²) in [7, 11) is 0. The van der Waals surface area contributed by atoms with Crippen LogP contribution >= 0.6 is 0 Å². The van der Waals surface area contributed by atoms with Gasteiger partial charge in [0.2, 0.25) is 0 Å². The van der Waals surface area contributed by atoms with Crippen LogP contribution in [0.2, 0.25) is 0 Å². The van der Waals surface area contributed by atoms with E-state index >= 15 is 0 Å². The van der Waals surface area contributed by atoms with Gasteiger partial charge in [-0.05, 0) is 43.9 Å². The van der Waals surface area contributed by atoms with Crippen molar-refractivity contribution in [2.24, 2.45) is 0 Å². The lowest BCUT2D eigenvalue weighted by molar-refractivity contribution is 0.199. The Labute approximate surface area is 169 Å². The van der Waals surface area contributed by atoms with Gasteiger partial charge in [0.1, 0.15) is 11.6 Å². The molecule has 7 heteroatoms. The normalized spacial score (nSPS) is 16.2. The third kappa shape index (κ3) is 4.05. The monoisotopic (exact) mass is 396 g/mol. The molecule has 0 bridgehead atoms. The maximum atomic E-state index is 13.1. The Morgan fingerprint density at radius 2 is 1.93 bits per heavy atom. The van der Waals surface area contributed by atoms with Gasteiger partial charge in [0, 0.05) is 12.5 Å². The number of H-pyrrole nitrogens is 1. The van der Waals surface area contributed by atoms with Crippen molar-refractivity contribution in [1.82, 2.24) is 19.5 Å². The average molecular weight is 396 g/mol. The average Bonchev–Trinajstić information content (AvgIpc) is 3.16. The number of hydrogen-bond acceptors (Lipinski definition) is 5. The summed E-state index contributed by atoms with van der Waals surface area (Å²) in [5, 5.41) is 9.67. The maximum Gasteiger partial charge on any atom is 0.306 e. The fourth-order valence-electron chi connectivity index (χ4n) is 3.97. The Balaban J connectivity index is 1.71. The quantitative estimate of drug-likeness (QED) is 0.643. The van der Waals surface area contributed by atoms with Gasteiger partial charge in [-0.25, -0.2) is 4.98 Å². The minimum atomic E-state index is -0.543. The first-order valence-electron chi connectivity index (χ1n) is 10.5. The van der Waals surface area contributed by atoms with Gasteiger partial charge in [0.05, 0.1) is 6.10 Å². The number of aliphatic hydroxyl groups excluding tert-OH is 1. The fourth-order valence-corrected chi connectivity index (χ4v) is 3.97. The van der Waals surface area contributed by atoms with Crippen LogP contribution in [0, 0.1) is 0 Å². The summed E-state index contributed by atoms with van der Waals surface area (Å²) in [5.74, 6) is 1.80. The molecule has 0 aliphatic heterocycles. The highest BCUT2D eigenvalue weighted by molar-refractivity contribution is 5.70. The smallest absolute Gasteiger partial charge is 0.306 e. The summed E-state index contributed by atoms with van der Waals surface area (Å²) in [6.45, 7) is 4.24. The van der Waals surface area contributed by atoms with E-state index in [0.29, 0.717) is 29.4 Å². The van der Waals surface area contributed by atoms with Crippen LogP contribution in [-0.4, -0.2) is 24.6 Å². The molecule has 0 saturated heterocycles. The third-order valence-corrected chi connectivity index (χ3v) is 5.61. The van der Waals surface area contributed by atoms with Crippen molar-refractivity contribution in [3.8, 4) is 11.8 Å². The van der Waals surface area contributed by atoms with Crippen LogP contribution in [0.25, 0.3) is 11.2 Å². The molecule has 4 rings (SSSR count). The van der Waals surface area contributed by atoms with Gasteiger partial charge in [-0.1, -0.05) is 38.3 Å². The first-order chi connectivity index (χ1) is 14.1. The van der Waals surface area contributed by atoms with Gasteiger partial charge in [-0.15, -0.1) is 0 Å². The largest absolute Gasteiger partial charge is 0.425 e. The van der Waals surface area contributed by atoms with E-state index < -0.39 is 6.10 Å². The van der Waals surface area contributed by atoms with Crippen molar-refractivity contribution >= 4 is 11.2 Å². The van der Waals surface area contributed by atoms with Crippen LogP contribution in [0.3, 0.4) is 0 Å². The van der Waals surface area contributed by atoms with E-state index in [1.54, 1.807) is 35.8 Å². The first kappa shape index (κ1) is 19.6. The second-order valence-electron chi connectivity index (χ2n) is 7.85. The molecule has 154 valence electrons. The van der Waals surface area contributed by atoms with Crippen molar-refractivity contribution in [2.75, 3.05) is 0 Å². The third-order valence-electron chi connectivity index (χ3n) is 5.61. The summed E-state index contributed by atoms with van der Waals surface area (Å²) in [6.07, 6.45) is 6.11. The molecule has 1 aromatic carbocycles. The van der Waals surface area contributed by atoms with Gasteiger partial charge < -0.3 is 14.8 Å². The fraction of sp³-hybridized carbons (Fsp3) is 0.500. The minimum Gasteiger partial charge on any atom is -0.425 e. The van der Waals surface area contributed by atoms with E-state index in [1.807, 2.05) is 6.92 Å². The zero-order valence-corrected chi connectivity index (χ0v) is 17.0. The second kappa shape index (κ2) is 8.37. The summed E-state index contributed by atoms with van der Waals surface area (Å²) < 4.78 is 7.52. The van der Waals surface area contributed by atoms with Crippen molar-refractivity contribution in [3.05, 3.63) is 46.0 Å². The number of aliphatic hydroxyl groups is 1. The molecule has 7 nitrogen and oxygen atoms in total. The van der Waals surface area contributed by atoms with Gasteiger partial charge in [0.15, 0.2) is 11.2 Å². The van der Waals surface area contributed by atoms with Crippen molar-refractivity contribution in [2.45, 2.75) is 70.9 Å². The van der Waals surface area contributed by atoms with E-state index in [0.717, 1.165) is 30.7 Å². The first-order valence-corrected chi connectivity index (χ1v) is 10.5. The number of imidazole rings is 1. The highest BCUT2D eigenvalue weighted by Crippen LogP contribution is 2.32. The summed E-state index contributed by atoms with van der Waals surface area (Å²) in [5.41, 5.74) is 1.52. The Bertz CT molecular complexity index is 1030. The molecular weight excluding hydrogens is 368 g/mol. The number of ether oxygens (including phenoxy) is 1. The number of aromatic nitrogens is 4. The van der Waals surface area contributed by atoms with Gasteiger partial charge in [-0.2, -0.15) is 4.98 Å². The molecule has 1 aliphatic carbocycles. The van der Waals surface area contributed by atoms with Crippen LogP contribution in [0.5, 0.6) is 11.8 Å². The number of rotatable bonds is 6. The van der Waals surface area contributed by atoms with Crippen molar-refractivity contribution in [3.63, 3.8) is 0 Å². The van der Waals surface area contributed by atoms with Gasteiger partial charge >= 0.3 is 6.01 Å². The lowest BCUT2D eigenvalue weighted by atomic mass is 9.89. The van der Waals surface area contributed by atoms with E-state index in [9.17, 15) is 9.90 Å². The molecule has 29 heavy (non-hydrogen) atoms. The predicted octanol–water partition coefficient (Wildman–Crippen LogP) is 4.42. The maximum absolute atomic E-state index is 13.1. The molecule has 1 fully saturated rings. The molecule has 0 radical (unpaired) electrons. The summed E-state index contributed by atoms with van der Waals surface area (Å²) in [4.78, 5) is 25.6. The minimum absolute atomic E-state index is 0.151. The lowest BCUT2D eigenvalue weighted by Crippen LogP contribution is -2.23. The molecule has 0 spiro atoms. The Hall–Kier alpha value is -2.67. The molecule has 1 atom stereocenters. The van der Waals surface area contributed by atoms with E-state index in [-0.39, 0.29) is 11.6 Å². The molecule has 1 aliphatic rings. The molecule has 3 aromatic rings. The molecule has 1 saturated carbocycles. The van der Waals surface area contributed by atoms with Crippen LogP contribution < -0.4 is 10.3 Å². The van der Waals surface area contributed by atoms with Crippen LogP contribution in [0.4, 0.5) is 0 Å². The van der Waals surface area contributed by atoms with Gasteiger partial charge in [0.25, 0.3) is 5.56 Å². The van der Waals surface area contributed by atoms with Crippen LogP contribution in [-0.2, 0) is 6.54 Å². The number of aromatic amines is 1. The molecule has 2 heterocycles. The molecule has 1 unspecified atom stereocenters. The van der Waals surface area contributed by atoms with Crippen molar-refractivity contribution in [1.29, 1.82) is 0 Å². The second-order valence-corrected chi connectivity index (χ2v) is 7.85. The molecule has 2 aromatic heterocycles. The topological polar surface area (TPSA) is 93.0 Å². The predicted molar refractivity (Wildman–Crippen MR) is 111 cm³/mol. The van der Waals surface area contributed by atoms with Crippen LogP contribution in [0.15, 0.2) is 29.1 Å². The highest BCUT2D eigenvalue weighted by Gasteiger charge is 2.22. The lowest BCUT2D eigenvalue weighted by Gasteiger charge is -2.18. The number of benzene rings is 1. The standard InChI is InChI=1S/C22H28N4O3/c1-3-13-26-21(28)18-20(24-19(23-18)16-7-5-4-6-8-16)25-22(26)29-17-11-9-15(10-12-17)14(2)27/h9-12,14,16,27H,3-8,13H2,1-2H3,(H,23,24). The highest BCUT2D eigenvalue weighted by atomic mass is 16.5. The molecule has 0 amide bonds. The Morgan fingerprint density at radius 1 is 1.21 bits per heavy atom. The zero-order chi connectivity index (χ0) is 20.4. The number of fused-ring (bicyclic) bond motifs is 1. The Kier molecular flexibility index (Phi) is 5.67.